The van der Waals surface area contributed by atoms with Crippen LogP contribution in [0.2, 0.25) is 0 Å². The summed E-state index contributed by atoms with van der Waals surface area (Å²) in [6.07, 6.45) is 9.49. The van der Waals surface area contributed by atoms with E-state index < -0.39 is 0 Å². The summed E-state index contributed by atoms with van der Waals surface area (Å²) in [6.45, 7) is 10.5. The zero-order valence-corrected chi connectivity index (χ0v) is 19.7. The Kier molecular flexibility index (Phi) is 8.51. The van der Waals surface area contributed by atoms with Crippen molar-refractivity contribution in [2.45, 2.75) is 83.6 Å². The van der Waals surface area contributed by atoms with E-state index in [1.807, 2.05) is 0 Å². The molecule has 174 valence electrons. The van der Waals surface area contributed by atoms with Gasteiger partial charge in [-0.2, -0.15) is 0 Å². The van der Waals surface area contributed by atoms with Crippen LogP contribution < -0.4 is 15.1 Å². The van der Waals surface area contributed by atoms with Crippen molar-refractivity contribution in [1.82, 2.24) is 5.32 Å². The fourth-order valence-electron chi connectivity index (χ4n) is 5.49. The van der Waals surface area contributed by atoms with E-state index in [1.54, 1.807) is 0 Å². The van der Waals surface area contributed by atoms with Crippen LogP contribution >= 0.6 is 0 Å². The van der Waals surface area contributed by atoms with Crippen molar-refractivity contribution in [3.05, 3.63) is 24.3 Å². The van der Waals surface area contributed by atoms with Crippen molar-refractivity contribution < 1.29 is 9.47 Å². The molecule has 1 aromatic carbocycles. The van der Waals surface area contributed by atoms with Gasteiger partial charge in [0.15, 0.2) is 6.29 Å². The highest BCUT2D eigenvalue weighted by Crippen LogP contribution is 2.35. The number of hydrogen-bond donors (Lipinski definition) is 1. The van der Waals surface area contributed by atoms with Crippen molar-refractivity contribution >= 4 is 11.4 Å². The minimum Gasteiger partial charge on any atom is -0.371 e. The molecule has 2 atom stereocenters. The highest BCUT2D eigenvalue weighted by atomic mass is 16.7. The fourth-order valence-corrected chi connectivity index (χ4v) is 5.49. The average Bonchev–Trinajstić information content (AvgIpc) is 3.07. The maximum atomic E-state index is 6.19. The van der Waals surface area contributed by atoms with Gasteiger partial charge in [-0.15, -0.1) is 0 Å². The standard InChI is InChI=1S/C26H43N3O2/c1-3-5-16-30-26(31-17-6-4-2)21-12-14-28(15-13-21)22-8-7-9-23(18-22)29-24-10-11-25(29)20-27-19-24/h7-9,18,21,24-27H,3-6,10-17,19-20H2,1-2H3. The summed E-state index contributed by atoms with van der Waals surface area (Å²) in [5.74, 6) is 0.511. The molecule has 0 aromatic heterocycles. The zero-order valence-electron chi connectivity index (χ0n) is 19.7. The molecule has 4 rings (SSSR count). The van der Waals surface area contributed by atoms with Crippen molar-refractivity contribution in [3.8, 4) is 0 Å². The second-order valence-electron chi connectivity index (χ2n) is 9.61. The van der Waals surface area contributed by atoms with Crippen LogP contribution in [0.1, 0.15) is 65.2 Å². The molecule has 31 heavy (non-hydrogen) atoms. The molecule has 0 radical (unpaired) electrons. The molecule has 2 bridgehead atoms. The van der Waals surface area contributed by atoms with Crippen molar-refractivity contribution in [3.63, 3.8) is 0 Å². The number of ether oxygens (including phenoxy) is 2. The molecule has 1 aromatic rings. The summed E-state index contributed by atoms with van der Waals surface area (Å²) < 4.78 is 12.4. The Morgan fingerprint density at radius 3 is 2.13 bits per heavy atom. The molecule has 0 aliphatic carbocycles. The normalized spacial score (nSPS) is 24.4. The van der Waals surface area contributed by atoms with Gasteiger partial charge in [0.1, 0.15) is 0 Å². The Morgan fingerprint density at radius 2 is 1.52 bits per heavy atom. The van der Waals surface area contributed by atoms with E-state index in [0.717, 1.165) is 65.1 Å². The monoisotopic (exact) mass is 429 g/mol. The predicted octanol–water partition coefficient (Wildman–Crippen LogP) is 4.80. The number of unbranched alkanes of at least 4 members (excludes halogenated alkanes) is 2. The molecular formula is C26H43N3O2. The summed E-state index contributed by atoms with van der Waals surface area (Å²) in [5, 5.41) is 3.60. The van der Waals surface area contributed by atoms with Crippen LogP contribution in [0.4, 0.5) is 11.4 Å². The molecule has 0 spiro atoms. The first kappa shape index (κ1) is 22.9. The van der Waals surface area contributed by atoms with Crippen LogP contribution in [0, 0.1) is 5.92 Å². The van der Waals surface area contributed by atoms with E-state index >= 15 is 0 Å². The van der Waals surface area contributed by atoms with Crippen LogP contribution in [0.5, 0.6) is 0 Å². The molecule has 2 unspecified atom stereocenters. The van der Waals surface area contributed by atoms with E-state index in [1.165, 1.54) is 37.1 Å². The van der Waals surface area contributed by atoms with Crippen molar-refractivity contribution in [1.29, 1.82) is 0 Å². The van der Waals surface area contributed by atoms with Gasteiger partial charge in [-0.3, -0.25) is 0 Å². The molecule has 0 saturated carbocycles. The number of nitrogens with zero attached hydrogens (tertiary/aromatic N) is 2. The Morgan fingerprint density at radius 1 is 0.903 bits per heavy atom. The summed E-state index contributed by atoms with van der Waals surface area (Å²) >= 11 is 0. The van der Waals surface area contributed by atoms with Crippen LogP contribution in [-0.2, 0) is 9.47 Å². The van der Waals surface area contributed by atoms with Gasteiger partial charge in [0.2, 0.25) is 0 Å². The molecule has 1 N–H and O–H groups in total. The van der Waals surface area contributed by atoms with Crippen LogP contribution in [0.25, 0.3) is 0 Å². The number of fused-ring (bicyclic) bond motifs is 2. The smallest absolute Gasteiger partial charge is 0.160 e. The minimum atomic E-state index is -0.0249. The lowest BCUT2D eigenvalue weighted by molar-refractivity contribution is -0.177. The molecule has 3 fully saturated rings. The number of nitrogens with one attached hydrogen (secondary N) is 1. The lowest BCUT2D eigenvalue weighted by Crippen LogP contribution is -2.52. The number of hydrogen-bond acceptors (Lipinski definition) is 5. The molecule has 3 saturated heterocycles. The Bertz CT molecular complexity index is 636. The molecule has 3 heterocycles. The molecular weight excluding hydrogens is 386 g/mol. The van der Waals surface area contributed by atoms with Crippen molar-refractivity contribution in [2.24, 2.45) is 5.92 Å². The third-order valence-corrected chi connectivity index (χ3v) is 7.36. The third-order valence-electron chi connectivity index (χ3n) is 7.36. The molecule has 3 aliphatic heterocycles. The van der Waals surface area contributed by atoms with Crippen molar-refractivity contribution in [2.75, 3.05) is 49.2 Å². The Labute approximate surface area is 189 Å². The minimum absolute atomic E-state index is 0.0249. The van der Waals surface area contributed by atoms with Gasteiger partial charge in [0.25, 0.3) is 0 Å². The van der Waals surface area contributed by atoms with E-state index in [0.29, 0.717) is 18.0 Å². The van der Waals surface area contributed by atoms with Gasteiger partial charge in [-0.25, -0.2) is 0 Å². The van der Waals surface area contributed by atoms with Gasteiger partial charge in [0.05, 0.1) is 0 Å². The van der Waals surface area contributed by atoms with Crippen LogP contribution in [-0.4, -0.2) is 57.8 Å². The first-order valence-electron chi connectivity index (χ1n) is 12.9. The fraction of sp³-hybridized carbons (Fsp3) is 0.769. The Balaban J connectivity index is 1.34. The maximum Gasteiger partial charge on any atom is 0.160 e. The second-order valence-corrected chi connectivity index (χ2v) is 9.61. The van der Waals surface area contributed by atoms with E-state index in [4.69, 9.17) is 9.47 Å². The number of benzene rings is 1. The van der Waals surface area contributed by atoms with Gasteiger partial charge < -0.3 is 24.6 Å². The first-order valence-corrected chi connectivity index (χ1v) is 12.9. The number of piperidine rings is 1. The average molecular weight is 430 g/mol. The number of piperazine rings is 1. The second kappa shape index (κ2) is 11.5. The zero-order chi connectivity index (χ0) is 21.5. The first-order chi connectivity index (χ1) is 15.3. The Hall–Kier alpha value is -1.30. The highest BCUT2D eigenvalue weighted by molar-refractivity contribution is 5.61. The molecule has 3 aliphatic rings. The predicted molar refractivity (Wildman–Crippen MR) is 129 cm³/mol. The molecule has 5 nitrogen and oxygen atoms in total. The SMILES string of the molecule is CCCCOC(OCCCC)C1CCN(c2cccc(N3C4CCC3CNC4)c2)CC1. The van der Waals surface area contributed by atoms with Gasteiger partial charge in [0, 0.05) is 68.8 Å². The van der Waals surface area contributed by atoms with Crippen LogP contribution in [0.3, 0.4) is 0 Å². The highest BCUT2D eigenvalue weighted by Gasteiger charge is 2.36. The van der Waals surface area contributed by atoms with Gasteiger partial charge >= 0.3 is 0 Å². The van der Waals surface area contributed by atoms with Crippen LogP contribution in [0.15, 0.2) is 24.3 Å². The summed E-state index contributed by atoms with van der Waals surface area (Å²) in [6, 6.07) is 10.6. The summed E-state index contributed by atoms with van der Waals surface area (Å²) in [5.41, 5.74) is 2.79. The summed E-state index contributed by atoms with van der Waals surface area (Å²) in [7, 11) is 0. The molecule has 5 heteroatoms. The summed E-state index contributed by atoms with van der Waals surface area (Å²) in [4.78, 5) is 5.26. The third kappa shape index (κ3) is 5.74. The number of rotatable bonds is 11. The quantitative estimate of drug-likeness (QED) is 0.404. The van der Waals surface area contributed by atoms with Gasteiger partial charge in [-0.1, -0.05) is 32.8 Å². The largest absolute Gasteiger partial charge is 0.371 e. The number of anilines is 2. The van der Waals surface area contributed by atoms with E-state index in [2.05, 4.69) is 53.2 Å². The van der Waals surface area contributed by atoms with E-state index in [-0.39, 0.29) is 6.29 Å². The molecule has 0 amide bonds. The van der Waals surface area contributed by atoms with Gasteiger partial charge in [-0.05, 0) is 56.7 Å². The lowest BCUT2D eigenvalue weighted by atomic mass is 9.95. The maximum absolute atomic E-state index is 6.19. The topological polar surface area (TPSA) is 37.0 Å². The van der Waals surface area contributed by atoms with E-state index in [9.17, 15) is 0 Å². The lowest BCUT2D eigenvalue weighted by Gasteiger charge is -2.39.